The number of hydrogen-bond donors (Lipinski definition) is 1. The lowest BCUT2D eigenvalue weighted by Gasteiger charge is -2.28. The molecule has 0 saturated carbocycles. The van der Waals surface area contributed by atoms with E-state index in [1.54, 1.807) is 4.90 Å². The van der Waals surface area contributed by atoms with E-state index in [2.05, 4.69) is 5.32 Å². The van der Waals surface area contributed by atoms with Crippen molar-refractivity contribution in [2.75, 3.05) is 20.4 Å². The van der Waals surface area contributed by atoms with E-state index in [9.17, 15) is 9.59 Å². The summed E-state index contributed by atoms with van der Waals surface area (Å²) >= 11 is 0. The van der Waals surface area contributed by atoms with Gasteiger partial charge in [0.05, 0.1) is 0 Å². The first kappa shape index (κ1) is 15.8. The van der Waals surface area contributed by atoms with Crippen LogP contribution in [0.3, 0.4) is 0 Å². The topological polar surface area (TPSA) is 67.9 Å². The molecule has 1 N–H and O–H groups in total. The second-order valence-electron chi connectivity index (χ2n) is 5.71. The maximum Gasteiger partial charge on any atom is 0.410 e. The molecule has 19 heavy (non-hydrogen) atoms. The van der Waals surface area contributed by atoms with E-state index in [-0.39, 0.29) is 24.8 Å². The lowest BCUT2D eigenvalue weighted by Crippen LogP contribution is -2.42. The van der Waals surface area contributed by atoms with Crippen LogP contribution in [0.5, 0.6) is 0 Å². The van der Waals surface area contributed by atoms with Gasteiger partial charge < -0.3 is 19.7 Å². The van der Waals surface area contributed by atoms with E-state index >= 15 is 0 Å². The normalized spacial score (nSPS) is 19.4. The van der Waals surface area contributed by atoms with E-state index in [1.807, 2.05) is 20.8 Å². The number of rotatable bonds is 4. The largest absolute Gasteiger partial charge is 0.444 e. The molecule has 1 saturated heterocycles. The second-order valence-corrected chi connectivity index (χ2v) is 5.71. The summed E-state index contributed by atoms with van der Waals surface area (Å²) in [5.41, 5.74) is -0.511. The van der Waals surface area contributed by atoms with Crippen LogP contribution >= 0.6 is 0 Å². The number of nitrogens with one attached hydrogen (secondary N) is 1. The van der Waals surface area contributed by atoms with Crippen molar-refractivity contribution >= 4 is 12.0 Å². The third-order valence-electron chi connectivity index (χ3n) is 2.84. The lowest BCUT2D eigenvalue weighted by atomic mass is 10.1. The minimum absolute atomic E-state index is 0.0771. The Morgan fingerprint density at radius 2 is 2.05 bits per heavy atom. The molecular weight excluding hydrogens is 248 g/mol. The van der Waals surface area contributed by atoms with E-state index in [1.165, 1.54) is 7.11 Å². The molecule has 0 radical (unpaired) electrons. The van der Waals surface area contributed by atoms with Crippen LogP contribution in [0.1, 0.15) is 40.0 Å². The number of nitrogens with zero attached hydrogens (tertiary/aromatic N) is 1. The highest BCUT2D eigenvalue weighted by Gasteiger charge is 2.33. The predicted molar refractivity (Wildman–Crippen MR) is 70.6 cm³/mol. The molecule has 1 aliphatic heterocycles. The highest BCUT2D eigenvalue weighted by atomic mass is 16.6. The van der Waals surface area contributed by atoms with E-state index < -0.39 is 5.60 Å². The van der Waals surface area contributed by atoms with Crippen molar-refractivity contribution in [3.8, 4) is 0 Å². The summed E-state index contributed by atoms with van der Waals surface area (Å²) in [6, 6.07) is -0.0771. The Balaban J connectivity index is 2.49. The summed E-state index contributed by atoms with van der Waals surface area (Å²) in [6.45, 7) is 6.35. The fourth-order valence-electron chi connectivity index (χ4n) is 2.05. The van der Waals surface area contributed by atoms with Crippen LogP contribution in [-0.2, 0) is 14.3 Å². The van der Waals surface area contributed by atoms with Crippen molar-refractivity contribution in [1.82, 2.24) is 10.2 Å². The highest BCUT2D eigenvalue weighted by molar-refractivity contribution is 5.77. The van der Waals surface area contributed by atoms with E-state index in [4.69, 9.17) is 9.47 Å². The van der Waals surface area contributed by atoms with Crippen LogP contribution in [0.2, 0.25) is 0 Å². The molecule has 0 aliphatic carbocycles. The Bertz CT molecular complexity index is 325. The number of carbonyl (C=O) groups excluding carboxylic acids is 2. The molecule has 0 aromatic rings. The molecule has 0 aromatic heterocycles. The van der Waals surface area contributed by atoms with Gasteiger partial charge in [-0.3, -0.25) is 4.79 Å². The third kappa shape index (κ3) is 5.46. The first-order chi connectivity index (χ1) is 8.83. The summed E-state index contributed by atoms with van der Waals surface area (Å²) in [7, 11) is 1.52. The van der Waals surface area contributed by atoms with Gasteiger partial charge in [0.25, 0.3) is 0 Å². The van der Waals surface area contributed by atoms with Gasteiger partial charge in [-0.05, 0) is 33.6 Å². The Hall–Kier alpha value is -1.30. The number of ether oxygens (including phenoxy) is 2. The average molecular weight is 272 g/mol. The highest BCUT2D eigenvalue weighted by Crippen LogP contribution is 2.22. The first-order valence-corrected chi connectivity index (χ1v) is 6.59. The van der Waals surface area contributed by atoms with Gasteiger partial charge in [0.2, 0.25) is 5.91 Å². The van der Waals surface area contributed by atoms with Gasteiger partial charge in [-0.25, -0.2) is 4.79 Å². The number of methoxy groups -OCH3 is 1. The standard InChI is InChI=1S/C13H24N2O4/c1-13(2,3)19-12(17)15-7-5-6-10(15)8-11(16)14-9-18-4/h10H,5-9H2,1-4H3,(H,14,16)/t10-/m1/s1. The number of likely N-dealkylation sites (tertiary alicyclic amines) is 1. The molecule has 110 valence electrons. The zero-order valence-corrected chi connectivity index (χ0v) is 12.2. The van der Waals surface area contributed by atoms with Crippen LogP contribution in [0.4, 0.5) is 4.79 Å². The minimum atomic E-state index is -0.511. The summed E-state index contributed by atoms with van der Waals surface area (Å²) < 4.78 is 10.1. The molecule has 6 heteroatoms. The quantitative estimate of drug-likeness (QED) is 0.787. The van der Waals surface area contributed by atoms with Gasteiger partial charge in [0, 0.05) is 26.1 Å². The van der Waals surface area contributed by atoms with Gasteiger partial charge in [0.1, 0.15) is 12.3 Å². The Labute approximate surface area is 114 Å². The molecule has 1 atom stereocenters. The monoisotopic (exact) mass is 272 g/mol. The molecule has 1 fully saturated rings. The van der Waals surface area contributed by atoms with Crippen LogP contribution in [0, 0.1) is 0 Å². The molecule has 1 aliphatic rings. The van der Waals surface area contributed by atoms with Crippen LogP contribution in [0.25, 0.3) is 0 Å². The van der Waals surface area contributed by atoms with Crippen molar-refractivity contribution in [3.63, 3.8) is 0 Å². The van der Waals surface area contributed by atoms with Gasteiger partial charge in [-0.1, -0.05) is 0 Å². The molecule has 1 rings (SSSR count). The van der Waals surface area contributed by atoms with Crippen molar-refractivity contribution in [1.29, 1.82) is 0 Å². The smallest absolute Gasteiger partial charge is 0.410 e. The number of amides is 2. The molecule has 2 amide bonds. The van der Waals surface area contributed by atoms with Crippen molar-refractivity contribution in [3.05, 3.63) is 0 Å². The zero-order valence-electron chi connectivity index (χ0n) is 12.2. The van der Waals surface area contributed by atoms with Crippen LogP contribution in [-0.4, -0.2) is 48.9 Å². The number of hydrogen-bond acceptors (Lipinski definition) is 4. The van der Waals surface area contributed by atoms with Gasteiger partial charge in [-0.15, -0.1) is 0 Å². The summed E-state index contributed by atoms with van der Waals surface area (Å²) in [5.74, 6) is -0.109. The van der Waals surface area contributed by atoms with Crippen molar-refractivity contribution in [2.24, 2.45) is 0 Å². The van der Waals surface area contributed by atoms with Crippen LogP contribution < -0.4 is 5.32 Å². The van der Waals surface area contributed by atoms with Crippen molar-refractivity contribution in [2.45, 2.75) is 51.7 Å². The maximum absolute atomic E-state index is 12.0. The zero-order chi connectivity index (χ0) is 14.5. The minimum Gasteiger partial charge on any atom is -0.444 e. The van der Waals surface area contributed by atoms with Gasteiger partial charge in [-0.2, -0.15) is 0 Å². The second kappa shape index (κ2) is 6.75. The lowest BCUT2D eigenvalue weighted by molar-refractivity contribution is -0.123. The Morgan fingerprint density at radius 3 is 2.63 bits per heavy atom. The predicted octanol–water partition coefficient (Wildman–Crippen LogP) is 1.50. The van der Waals surface area contributed by atoms with E-state index in [0.29, 0.717) is 13.0 Å². The van der Waals surface area contributed by atoms with E-state index in [0.717, 1.165) is 12.8 Å². The third-order valence-corrected chi connectivity index (χ3v) is 2.84. The summed E-state index contributed by atoms with van der Waals surface area (Å²) in [5, 5.41) is 2.63. The van der Waals surface area contributed by atoms with Crippen LogP contribution in [0.15, 0.2) is 0 Å². The SMILES string of the molecule is COCNC(=O)C[C@H]1CCCN1C(=O)OC(C)(C)C. The Kier molecular flexibility index (Phi) is 5.60. The molecular formula is C13H24N2O4. The fourth-order valence-corrected chi connectivity index (χ4v) is 2.05. The van der Waals surface area contributed by atoms with Crippen molar-refractivity contribution < 1.29 is 19.1 Å². The Morgan fingerprint density at radius 1 is 1.37 bits per heavy atom. The first-order valence-electron chi connectivity index (χ1n) is 6.59. The molecule has 0 spiro atoms. The average Bonchev–Trinajstić information content (AvgIpc) is 2.72. The molecule has 0 aromatic carbocycles. The van der Waals surface area contributed by atoms with Gasteiger partial charge >= 0.3 is 6.09 Å². The molecule has 0 unspecified atom stereocenters. The fraction of sp³-hybridized carbons (Fsp3) is 0.846. The van der Waals surface area contributed by atoms with Gasteiger partial charge in [0.15, 0.2) is 0 Å². The summed E-state index contributed by atoms with van der Waals surface area (Å²) in [4.78, 5) is 25.3. The molecule has 0 bridgehead atoms. The molecule has 6 nitrogen and oxygen atoms in total. The number of carbonyl (C=O) groups is 2. The summed E-state index contributed by atoms with van der Waals surface area (Å²) in [6.07, 6.45) is 1.69. The maximum atomic E-state index is 12.0. The molecule has 1 heterocycles.